The van der Waals surface area contributed by atoms with Gasteiger partial charge in [0.25, 0.3) is 0 Å². The molecular weight excluding hydrogens is 384 g/mol. The molecule has 0 N–H and O–H groups in total. The molecule has 0 heterocycles. The Balaban J connectivity index is 1.26. The van der Waals surface area contributed by atoms with Gasteiger partial charge in [0.15, 0.2) is 0 Å². The van der Waals surface area contributed by atoms with Gasteiger partial charge in [0.1, 0.15) is 0 Å². The molecule has 0 fully saturated rings. The highest BCUT2D eigenvalue weighted by atomic mass is 14.4. The average Bonchev–Trinajstić information content (AvgIpc) is 2.85. The second-order valence-corrected chi connectivity index (χ2v) is 10.6. The van der Waals surface area contributed by atoms with Crippen molar-refractivity contribution in [3.63, 3.8) is 0 Å². The van der Waals surface area contributed by atoms with Crippen molar-refractivity contribution in [1.82, 2.24) is 0 Å². The summed E-state index contributed by atoms with van der Waals surface area (Å²) in [4.78, 5) is 0. The molecule has 1 aromatic carbocycles. The number of rotatable bonds is 1. The summed E-state index contributed by atoms with van der Waals surface area (Å²) in [7, 11) is 0. The molecule has 0 spiro atoms. The van der Waals surface area contributed by atoms with Crippen molar-refractivity contribution < 1.29 is 0 Å². The lowest BCUT2D eigenvalue weighted by Crippen LogP contribution is -2.30. The van der Waals surface area contributed by atoms with Gasteiger partial charge in [-0.1, -0.05) is 66.8 Å². The third-order valence-electron chi connectivity index (χ3n) is 9.11. The van der Waals surface area contributed by atoms with Gasteiger partial charge >= 0.3 is 0 Å². The normalized spacial score (nSPS) is 30.8. The lowest BCUT2D eigenvalue weighted by molar-refractivity contribution is 0.533. The van der Waals surface area contributed by atoms with Crippen LogP contribution in [0.4, 0.5) is 0 Å². The Labute approximate surface area is 190 Å². The van der Waals surface area contributed by atoms with Crippen LogP contribution in [-0.4, -0.2) is 0 Å². The molecule has 0 nitrogen and oxygen atoms in total. The third kappa shape index (κ3) is 2.28. The van der Waals surface area contributed by atoms with E-state index in [1.54, 1.807) is 50.1 Å². The van der Waals surface area contributed by atoms with E-state index in [2.05, 4.69) is 66.8 Å². The molecule has 0 saturated carbocycles. The van der Waals surface area contributed by atoms with E-state index in [-0.39, 0.29) is 0 Å². The first-order valence-electron chi connectivity index (χ1n) is 12.6. The summed E-state index contributed by atoms with van der Waals surface area (Å²) in [5, 5.41) is 0. The van der Waals surface area contributed by atoms with Crippen molar-refractivity contribution >= 4 is 5.57 Å². The predicted octanol–water partition coefficient (Wildman–Crippen LogP) is 7.53. The van der Waals surface area contributed by atoms with E-state index in [9.17, 15) is 0 Å². The monoisotopic (exact) mass is 412 g/mol. The minimum Gasteiger partial charge on any atom is -0.0766 e. The van der Waals surface area contributed by atoms with Gasteiger partial charge in [-0.3, -0.25) is 0 Å². The fraction of sp³-hybridized carbons (Fsp3) is 0.312. The minimum atomic E-state index is 0.503. The van der Waals surface area contributed by atoms with Crippen LogP contribution < -0.4 is 0 Å². The van der Waals surface area contributed by atoms with Gasteiger partial charge in [-0.2, -0.15) is 0 Å². The molecule has 7 aliphatic carbocycles. The number of hydrogen-bond acceptors (Lipinski definition) is 0. The second-order valence-electron chi connectivity index (χ2n) is 10.6. The maximum atomic E-state index is 2.62. The molecular formula is C32H28. The Hall–Kier alpha value is -2.86. The molecule has 0 bridgehead atoms. The van der Waals surface area contributed by atoms with E-state index in [0.29, 0.717) is 17.8 Å². The fourth-order valence-electron chi connectivity index (χ4n) is 7.77. The molecule has 8 rings (SSSR count). The molecule has 3 atom stereocenters. The first kappa shape index (κ1) is 17.7. The van der Waals surface area contributed by atoms with Crippen LogP contribution in [0, 0.1) is 17.8 Å². The van der Waals surface area contributed by atoms with Crippen LogP contribution >= 0.6 is 0 Å². The lowest BCUT2D eigenvalue weighted by atomic mass is 9.61. The molecule has 0 amide bonds. The molecule has 32 heavy (non-hydrogen) atoms. The zero-order valence-corrected chi connectivity index (χ0v) is 18.5. The second kappa shape index (κ2) is 6.35. The average molecular weight is 413 g/mol. The minimum absolute atomic E-state index is 0.503. The van der Waals surface area contributed by atoms with E-state index < -0.39 is 0 Å². The van der Waals surface area contributed by atoms with Gasteiger partial charge in [0.2, 0.25) is 0 Å². The summed E-state index contributed by atoms with van der Waals surface area (Å²) < 4.78 is 0. The molecule has 0 heteroatoms. The smallest absolute Gasteiger partial charge is 0.0201 e. The quantitative estimate of drug-likeness (QED) is 0.447. The number of hydrogen-bond donors (Lipinski definition) is 0. The van der Waals surface area contributed by atoms with Crippen LogP contribution in [0.1, 0.15) is 48.8 Å². The first-order chi connectivity index (χ1) is 15.8. The maximum absolute atomic E-state index is 2.62. The highest BCUT2D eigenvalue weighted by Crippen LogP contribution is 2.54. The van der Waals surface area contributed by atoms with E-state index in [0.717, 1.165) is 0 Å². The number of aryl methyl sites for hydroxylation is 2. The van der Waals surface area contributed by atoms with E-state index >= 15 is 0 Å². The van der Waals surface area contributed by atoms with Gasteiger partial charge in [0, 0.05) is 11.8 Å². The summed E-state index contributed by atoms with van der Waals surface area (Å²) in [5.74, 6) is 1.75. The Kier molecular flexibility index (Phi) is 3.50. The van der Waals surface area contributed by atoms with E-state index in [1.165, 1.54) is 56.1 Å². The molecule has 1 aromatic rings. The van der Waals surface area contributed by atoms with Crippen molar-refractivity contribution in [2.75, 3.05) is 0 Å². The predicted molar refractivity (Wildman–Crippen MR) is 132 cm³/mol. The van der Waals surface area contributed by atoms with Crippen LogP contribution in [-0.2, 0) is 12.8 Å². The Morgan fingerprint density at radius 1 is 0.812 bits per heavy atom. The molecule has 0 saturated heterocycles. The van der Waals surface area contributed by atoms with Crippen LogP contribution in [0.25, 0.3) is 5.57 Å². The lowest BCUT2D eigenvalue weighted by Gasteiger charge is -2.43. The largest absolute Gasteiger partial charge is 0.0766 e. The van der Waals surface area contributed by atoms with Gasteiger partial charge in [-0.25, -0.2) is 0 Å². The summed E-state index contributed by atoms with van der Waals surface area (Å²) in [5.41, 5.74) is 17.7. The van der Waals surface area contributed by atoms with Crippen molar-refractivity contribution in [1.29, 1.82) is 0 Å². The maximum Gasteiger partial charge on any atom is 0.0201 e. The Bertz CT molecular complexity index is 1340. The summed E-state index contributed by atoms with van der Waals surface area (Å²) in [6.45, 7) is 0. The summed E-state index contributed by atoms with van der Waals surface area (Å²) >= 11 is 0. The van der Waals surface area contributed by atoms with Crippen LogP contribution in [0.15, 0.2) is 106 Å². The molecule has 3 unspecified atom stereocenters. The zero-order valence-electron chi connectivity index (χ0n) is 18.5. The summed E-state index contributed by atoms with van der Waals surface area (Å²) in [6, 6.07) is 7.04. The first-order valence-corrected chi connectivity index (χ1v) is 12.6. The highest BCUT2D eigenvalue weighted by molar-refractivity contribution is 5.82. The molecule has 7 aliphatic rings. The summed E-state index contributed by atoms with van der Waals surface area (Å²) in [6.07, 6.45) is 28.4. The van der Waals surface area contributed by atoms with Crippen molar-refractivity contribution in [3.8, 4) is 0 Å². The van der Waals surface area contributed by atoms with Gasteiger partial charge in [0.05, 0.1) is 0 Å². The van der Waals surface area contributed by atoms with Crippen LogP contribution in [0.3, 0.4) is 0 Å². The SMILES string of the molecule is C1=CC2=CC=C(C3=CC4=C5c6c(cccc6CCC5C3)CC4)C3C=CC4=C(C1=CCC4)C23. The van der Waals surface area contributed by atoms with Crippen molar-refractivity contribution in [2.45, 2.75) is 44.9 Å². The van der Waals surface area contributed by atoms with Gasteiger partial charge < -0.3 is 0 Å². The van der Waals surface area contributed by atoms with Crippen molar-refractivity contribution in [3.05, 3.63) is 123 Å². The number of allylic oxidation sites excluding steroid dienone is 16. The number of benzene rings is 1. The van der Waals surface area contributed by atoms with E-state index in [4.69, 9.17) is 0 Å². The molecule has 156 valence electrons. The van der Waals surface area contributed by atoms with E-state index in [1.807, 2.05) is 0 Å². The molecule has 0 radical (unpaired) electrons. The van der Waals surface area contributed by atoms with Crippen molar-refractivity contribution in [2.24, 2.45) is 17.8 Å². The third-order valence-corrected chi connectivity index (χ3v) is 9.11. The zero-order chi connectivity index (χ0) is 20.8. The van der Waals surface area contributed by atoms with Crippen LogP contribution in [0.2, 0.25) is 0 Å². The fourth-order valence-corrected chi connectivity index (χ4v) is 7.77. The molecule has 0 aromatic heterocycles. The highest BCUT2D eigenvalue weighted by Gasteiger charge is 2.40. The van der Waals surface area contributed by atoms with Crippen LogP contribution in [0.5, 0.6) is 0 Å². The van der Waals surface area contributed by atoms with Gasteiger partial charge in [-0.05, 0) is 112 Å². The standard InChI is InChI=1S/C32H28/c1-3-19-9-11-24-17-26(18-25-12-10-20(4-1)29(19)31(24)25)27-15-13-23-8-7-21-5-2-6-22-14-16-28(27)32(23)30(21)22/h1,3-5,7-8,13-17,25,28,32H,2,6,9-12,18H2. The topological polar surface area (TPSA) is 0 Å². The molecule has 0 aliphatic heterocycles. The Morgan fingerprint density at radius 2 is 1.75 bits per heavy atom. The van der Waals surface area contributed by atoms with Gasteiger partial charge in [-0.15, -0.1) is 0 Å². The Morgan fingerprint density at radius 3 is 2.72 bits per heavy atom.